The third-order valence-corrected chi connectivity index (χ3v) is 7.16. The first kappa shape index (κ1) is 18.5. The summed E-state index contributed by atoms with van der Waals surface area (Å²) in [6.45, 7) is 11.3. The molecule has 4 rings (SSSR count). The molecule has 1 fully saturated rings. The predicted molar refractivity (Wildman–Crippen MR) is 118 cm³/mol. The standard InChI is InChI=1S/C20H26BrN5OS/c1-5-14(6-2)15-11-12(3)22-19-16(13(4)24-26(15)19)17-18(21)23-20(28-17)25-7-9-27-10-8-25/h11,14H,5-10H2,1-4H3/i14D. The summed E-state index contributed by atoms with van der Waals surface area (Å²) < 4.78 is 17.1. The molecular weight excluding hydrogens is 438 g/mol. The van der Waals surface area contributed by atoms with E-state index < -0.39 is 5.89 Å². The van der Waals surface area contributed by atoms with Crippen LogP contribution in [0.1, 0.15) is 51.0 Å². The number of morpholine rings is 1. The topological polar surface area (TPSA) is 55.5 Å². The molecule has 150 valence electrons. The van der Waals surface area contributed by atoms with Crippen molar-refractivity contribution in [2.75, 3.05) is 31.2 Å². The number of hydrogen-bond donors (Lipinski definition) is 0. The molecule has 0 atom stereocenters. The molecule has 8 heteroatoms. The molecule has 0 unspecified atom stereocenters. The summed E-state index contributed by atoms with van der Waals surface area (Å²) in [7, 11) is 0. The molecule has 0 radical (unpaired) electrons. The first-order valence-electron chi connectivity index (χ1n) is 10.2. The van der Waals surface area contributed by atoms with Crippen LogP contribution in [0.5, 0.6) is 0 Å². The van der Waals surface area contributed by atoms with Crippen LogP contribution in [0.2, 0.25) is 0 Å². The Morgan fingerprint density at radius 2 is 1.96 bits per heavy atom. The molecule has 0 spiro atoms. The van der Waals surface area contributed by atoms with Gasteiger partial charge in [0.2, 0.25) is 0 Å². The first-order valence-corrected chi connectivity index (χ1v) is 11.4. The van der Waals surface area contributed by atoms with Gasteiger partial charge < -0.3 is 9.64 Å². The van der Waals surface area contributed by atoms with Crippen molar-refractivity contribution in [3.63, 3.8) is 0 Å². The average molecular weight is 465 g/mol. The average Bonchev–Trinajstić information content (AvgIpc) is 3.26. The Kier molecular flexibility index (Phi) is 5.34. The molecule has 0 N–H and O–H groups in total. The number of nitrogens with zero attached hydrogens (tertiary/aromatic N) is 5. The summed E-state index contributed by atoms with van der Waals surface area (Å²) in [6.07, 6.45) is 1.45. The van der Waals surface area contributed by atoms with Crippen molar-refractivity contribution in [3.8, 4) is 10.4 Å². The van der Waals surface area contributed by atoms with Crippen LogP contribution in [0.3, 0.4) is 0 Å². The molecule has 0 bridgehead atoms. The Bertz CT molecular complexity index is 1040. The highest BCUT2D eigenvalue weighted by molar-refractivity contribution is 9.10. The van der Waals surface area contributed by atoms with Crippen LogP contribution in [0.15, 0.2) is 10.7 Å². The molecule has 3 aromatic heterocycles. The van der Waals surface area contributed by atoms with E-state index in [0.717, 1.165) is 82.0 Å². The third-order valence-electron chi connectivity index (χ3n) is 5.19. The van der Waals surface area contributed by atoms with E-state index in [4.69, 9.17) is 21.2 Å². The van der Waals surface area contributed by atoms with Gasteiger partial charge in [-0.25, -0.2) is 14.5 Å². The Labute approximate surface area is 179 Å². The van der Waals surface area contributed by atoms with E-state index in [9.17, 15) is 0 Å². The minimum atomic E-state index is -0.689. The maximum Gasteiger partial charge on any atom is 0.187 e. The molecule has 4 heterocycles. The van der Waals surface area contributed by atoms with Gasteiger partial charge in [0.1, 0.15) is 4.60 Å². The van der Waals surface area contributed by atoms with Crippen molar-refractivity contribution in [3.05, 3.63) is 27.8 Å². The van der Waals surface area contributed by atoms with Crippen molar-refractivity contribution < 1.29 is 6.11 Å². The van der Waals surface area contributed by atoms with Crippen molar-refractivity contribution in [1.29, 1.82) is 0 Å². The maximum absolute atomic E-state index is 8.98. The second-order valence-corrected chi connectivity index (χ2v) is 8.73. The highest BCUT2D eigenvalue weighted by atomic mass is 79.9. The van der Waals surface area contributed by atoms with Gasteiger partial charge in [0.15, 0.2) is 10.8 Å². The summed E-state index contributed by atoms with van der Waals surface area (Å²) in [4.78, 5) is 12.9. The summed E-state index contributed by atoms with van der Waals surface area (Å²) in [5, 5.41) is 5.80. The van der Waals surface area contributed by atoms with E-state index in [-0.39, 0.29) is 0 Å². The van der Waals surface area contributed by atoms with E-state index in [0.29, 0.717) is 0 Å². The molecule has 0 saturated carbocycles. The summed E-state index contributed by atoms with van der Waals surface area (Å²) in [5.41, 5.74) is 4.49. The van der Waals surface area contributed by atoms with Crippen molar-refractivity contribution in [2.45, 2.75) is 46.4 Å². The zero-order chi connectivity index (χ0) is 20.8. The largest absolute Gasteiger partial charge is 0.378 e. The smallest absolute Gasteiger partial charge is 0.187 e. The zero-order valence-corrected chi connectivity index (χ0v) is 19.2. The number of aryl methyl sites for hydroxylation is 2. The lowest BCUT2D eigenvalue weighted by Gasteiger charge is -2.25. The van der Waals surface area contributed by atoms with Crippen LogP contribution in [0, 0.1) is 13.8 Å². The number of thiazole rings is 1. The van der Waals surface area contributed by atoms with Gasteiger partial charge in [0.05, 0.1) is 29.3 Å². The lowest BCUT2D eigenvalue weighted by molar-refractivity contribution is 0.122. The molecule has 0 aromatic carbocycles. The van der Waals surface area contributed by atoms with E-state index in [2.05, 4.69) is 34.7 Å². The maximum atomic E-state index is 8.98. The summed E-state index contributed by atoms with van der Waals surface area (Å²) in [5.74, 6) is -0.689. The van der Waals surface area contributed by atoms with Crippen LogP contribution in [-0.2, 0) is 4.74 Å². The Balaban J connectivity index is 1.88. The van der Waals surface area contributed by atoms with Crippen LogP contribution < -0.4 is 4.90 Å². The number of anilines is 1. The highest BCUT2D eigenvalue weighted by Gasteiger charge is 2.25. The van der Waals surface area contributed by atoms with Crippen molar-refractivity contribution in [1.82, 2.24) is 19.6 Å². The Hall–Kier alpha value is -1.51. The van der Waals surface area contributed by atoms with Gasteiger partial charge >= 0.3 is 0 Å². The minimum absolute atomic E-state index is 0.689. The van der Waals surface area contributed by atoms with Crippen LogP contribution >= 0.6 is 27.3 Å². The van der Waals surface area contributed by atoms with Gasteiger partial charge in [-0.3, -0.25) is 0 Å². The number of rotatable bonds is 5. The molecule has 1 saturated heterocycles. The van der Waals surface area contributed by atoms with Crippen molar-refractivity contribution in [2.24, 2.45) is 0 Å². The second kappa shape index (κ2) is 8.08. The summed E-state index contributed by atoms with van der Waals surface area (Å²) >= 11 is 5.32. The number of aromatic nitrogens is 4. The number of fused-ring (bicyclic) bond motifs is 1. The van der Waals surface area contributed by atoms with Gasteiger partial charge in [-0.15, -0.1) is 0 Å². The number of hydrogen-bond acceptors (Lipinski definition) is 6. The van der Waals surface area contributed by atoms with Crippen LogP contribution in [-0.4, -0.2) is 45.9 Å². The van der Waals surface area contributed by atoms with Crippen LogP contribution in [0.25, 0.3) is 16.1 Å². The van der Waals surface area contributed by atoms with E-state index in [1.54, 1.807) is 11.3 Å². The molecule has 28 heavy (non-hydrogen) atoms. The van der Waals surface area contributed by atoms with E-state index >= 15 is 0 Å². The number of halogens is 1. The normalized spacial score (nSPS) is 16.0. The SMILES string of the molecule is [2H]C(CC)(CC)c1cc(C)nc2c(-c3sc(N4CCOCC4)nc3Br)c(C)nn12. The monoisotopic (exact) mass is 464 g/mol. The molecule has 1 aliphatic heterocycles. The van der Waals surface area contributed by atoms with Gasteiger partial charge in [-0.1, -0.05) is 25.2 Å². The molecule has 3 aromatic rings. The Morgan fingerprint density at radius 3 is 2.64 bits per heavy atom. The molecule has 6 nitrogen and oxygen atoms in total. The lowest BCUT2D eigenvalue weighted by atomic mass is 9.98. The van der Waals surface area contributed by atoms with Gasteiger partial charge in [0.25, 0.3) is 0 Å². The van der Waals surface area contributed by atoms with Gasteiger partial charge in [0, 0.05) is 31.7 Å². The number of ether oxygens (including phenoxy) is 1. The summed E-state index contributed by atoms with van der Waals surface area (Å²) in [6, 6.07) is 2.00. The fraction of sp³-hybridized carbons (Fsp3) is 0.550. The minimum Gasteiger partial charge on any atom is -0.378 e. The molecule has 1 aliphatic rings. The first-order chi connectivity index (χ1) is 13.9. The second-order valence-electron chi connectivity index (χ2n) is 7.01. The van der Waals surface area contributed by atoms with Gasteiger partial charge in [-0.2, -0.15) is 5.10 Å². The van der Waals surface area contributed by atoms with E-state index in [1.165, 1.54) is 0 Å². The van der Waals surface area contributed by atoms with E-state index in [1.807, 2.05) is 24.4 Å². The molecule has 0 amide bonds. The highest BCUT2D eigenvalue weighted by Crippen LogP contribution is 2.41. The fourth-order valence-electron chi connectivity index (χ4n) is 3.71. The fourth-order valence-corrected chi connectivity index (χ4v) is 5.54. The quantitative estimate of drug-likeness (QED) is 0.533. The Morgan fingerprint density at radius 1 is 1.25 bits per heavy atom. The van der Waals surface area contributed by atoms with Gasteiger partial charge in [-0.05, 0) is 48.7 Å². The lowest BCUT2D eigenvalue weighted by Crippen LogP contribution is -2.36. The van der Waals surface area contributed by atoms with Crippen molar-refractivity contribution >= 4 is 38.0 Å². The molecular formula is C20H26BrN5OS. The predicted octanol–water partition coefficient (Wildman–Crippen LogP) is 4.97. The molecule has 0 aliphatic carbocycles. The zero-order valence-electron chi connectivity index (χ0n) is 17.8. The third kappa shape index (κ3) is 3.46. The van der Waals surface area contributed by atoms with Crippen LogP contribution in [0.4, 0.5) is 5.13 Å².